The van der Waals surface area contributed by atoms with Gasteiger partial charge in [0.25, 0.3) is 0 Å². The number of anilines is 1. The van der Waals surface area contributed by atoms with Gasteiger partial charge in [-0.3, -0.25) is 4.98 Å². The average molecular weight is 327 g/mol. The number of aromatic nitrogens is 1. The van der Waals surface area contributed by atoms with Crippen molar-refractivity contribution in [1.29, 1.82) is 0 Å². The fraction of sp³-hybridized carbons (Fsp3) is 0.222. The topological polar surface area (TPSA) is 62.2 Å². The van der Waals surface area contributed by atoms with Crippen LogP contribution in [0.2, 0.25) is 5.02 Å². The van der Waals surface area contributed by atoms with Crippen LogP contribution < -0.4 is 5.32 Å². The van der Waals surface area contributed by atoms with Crippen LogP contribution in [-0.4, -0.2) is 16.1 Å². The normalized spacial score (nSPS) is 24.7. The van der Waals surface area contributed by atoms with E-state index in [0.29, 0.717) is 10.6 Å². The number of halogens is 1. The molecule has 2 N–H and O–H groups in total. The Kier molecular flexibility index (Phi) is 3.34. The van der Waals surface area contributed by atoms with Crippen molar-refractivity contribution in [2.75, 3.05) is 5.32 Å². The van der Waals surface area contributed by atoms with Gasteiger partial charge in [0.2, 0.25) is 0 Å². The molecule has 0 fully saturated rings. The summed E-state index contributed by atoms with van der Waals surface area (Å²) >= 11 is 6.37. The van der Waals surface area contributed by atoms with Gasteiger partial charge in [0, 0.05) is 18.3 Å². The number of benzene rings is 1. The highest BCUT2D eigenvalue weighted by Crippen LogP contribution is 2.52. The average Bonchev–Trinajstić information content (AvgIpc) is 3.05. The van der Waals surface area contributed by atoms with E-state index in [1.165, 1.54) is 0 Å². The number of hydrogen-bond donors (Lipinski definition) is 2. The molecule has 0 spiro atoms. The zero-order valence-corrected chi connectivity index (χ0v) is 13.0. The molecule has 0 saturated carbocycles. The first kappa shape index (κ1) is 14.3. The van der Waals surface area contributed by atoms with E-state index in [9.17, 15) is 9.90 Å². The lowest BCUT2D eigenvalue weighted by molar-refractivity contribution is 0.0695. The Bertz CT molecular complexity index is 804. The molecule has 1 aliphatic heterocycles. The largest absolute Gasteiger partial charge is 0.478 e. The Balaban J connectivity index is 1.89. The number of fused-ring (bicyclic) bond motifs is 3. The number of hydrogen-bond acceptors (Lipinski definition) is 3. The van der Waals surface area contributed by atoms with Crippen LogP contribution in [-0.2, 0) is 0 Å². The van der Waals surface area contributed by atoms with Crippen LogP contribution in [0.25, 0.3) is 0 Å². The quantitative estimate of drug-likeness (QED) is 0.809. The van der Waals surface area contributed by atoms with Crippen molar-refractivity contribution in [3.05, 3.63) is 70.5 Å². The summed E-state index contributed by atoms with van der Waals surface area (Å²) in [6, 6.07) is 7.27. The van der Waals surface area contributed by atoms with Gasteiger partial charge >= 0.3 is 5.97 Å². The van der Waals surface area contributed by atoms with Crippen molar-refractivity contribution in [2.45, 2.75) is 18.4 Å². The molecule has 4 nitrogen and oxygen atoms in total. The van der Waals surface area contributed by atoms with Gasteiger partial charge in [-0.1, -0.05) is 29.8 Å². The van der Waals surface area contributed by atoms with Crippen molar-refractivity contribution in [3.63, 3.8) is 0 Å². The molecule has 2 aliphatic rings. The van der Waals surface area contributed by atoms with Gasteiger partial charge in [-0.05, 0) is 41.7 Å². The number of carboxylic acid groups (broad SMARTS) is 1. The van der Waals surface area contributed by atoms with Gasteiger partial charge in [0.1, 0.15) is 0 Å². The van der Waals surface area contributed by atoms with E-state index in [0.717, 1.165) is 23.2 Å². The van der Waals surface area contributed by atoms with Gasteiger partial charge in [-0.2, -0.15) is 0 Å². The monoisotopic (exact) mass is 326 g/mol. The standard InChI is InChI=1S/C18H15ClN2O2/c19-14-7-6-13(18(22)23)15-11-4-1-5-12(11)16(21-17(14)15)10-3-2-8-20-9-10/h1-4,6-9,11-12,16,21H,5H2,(H,22,23)/t11-,12+,16-/m1/s1. The molecule has 5 heteroatoms. The predicted molar refractivity (Wildman–Crippen MR) is 89.0 cm³/mol. The number of rotatable bonds is 2. The van der Waals surface area contributed by atoms with E-state index >= 15 is 0 Å². The summed E-state index contributed by atoms with van der Waals surface area (Å²) in [4.78, 5) is 15.8. The fourth-order valence-corrected chi connectivity index (χ4v) is 3.97. The first-order valence-corrected chi connectivity index (χ1v) is 7.93. The number of allylic oxidation sites excluding steroid dienone is 2. The van der Waals surface area contributed by atoms with Gasteiger partial charge in [-0.15, -0.1) is 0 Å². The maximum atomic E-state index is 11.6. The summed E-state index contributed by atoms with van der Waals surface area (Å²) in [5.74, 6) is -0.594. The number of pyridine rings is 1. The molecule has 1 aliphatic carbocycles. The molecule has 1 aromatic heterocycles. The van der Waals surface area contributed by atoms with Crippen LogP contribution in [0.3, 0.4) is 0 Å². The SMILES string of the molecule is O=C(O)c1ccc(Cl)c2c1[C@@H]1C=CC[C@@H]1[C@@H](c1cccnc1)N2. The van der Waals surface area contributed by atoms with E-state index in [4.69, 9.17) is 11.6 Å². The van der Waals surface area contributed by atoms with Crippen molar-refractivity contribution in [1.82, 2.24) is 4.98 Å². The smallest absolute Gasteiger partial charge is 0.336 e. The lowest BCUT2D eigenvalue weighted by atomic mass is 9.75. The van der Waals surface area contributed by atoms with Crippen LogP contribution in [0.1, 0.15) is 39.9 Å². The molecule has 0 amide bonds. The lowest BCUT2D eigenvalue weighted by Gasteiger charge is -2.38. The first-order valence-electron chi connectivity index (χ1n) is 7.55. The molecular formula is C18H15ClN2O2. The van der Waals surface area contributed by atoms with Crippen LogP contribution in [0, 0.1) is 5.92 Å². The number of nitrogens with one attached hydrogen (secondary N) is 1. The van der Waals surface area contributed by atoms with Gasteiger partial charge in [0.05, 0.1) is 22.3 Å². The number of aromatic carboxylic acids is 1. The maximum absolute atomic E-state index is 11.6. The second-order valence-electron chi connectivity index (χ2n) is 5.95. The highest BCUT2D eigenvalue weighted by Gasteiger charge is 2.40. The summed E-state index contributed by atoms with van der Waals surface area (Å²) in [5, 5.41) is 13.6. The Morgan fingerprint density at radius 2 is 2.22 bits per heavy atom. The van der Waals surface area contributed by atoms with E-state index in [1.807, 2.05) is 18.3 Å². The second kappa shape index (κ2) is 5.39. The van der Waals surface area contributed by atoms with Crippen LogP contribution in [0.15, 0.2) is 48.8 Å². The van der Waals surface area contributed by atoms with Gasteiger partial charge in [0.15, 0.2) is 0 Å². The van der Waals surface area contributed by atoms with Crippen molar-refractivity contribution < 1.29 is 9.90 Å². The van der Waals surface area contributed by atoms with E-state index < -0.39 is 5.97 Å². The Labute approximate surface area is 138 Å². The van der Waals surface area contributed by atoms with E-state index in [-0.39, 0.29) is 17.9 Å². The molecule has 0 bridgehead atoms. The zero-order valence-electron chi connectivity index (χ0n) is 12.2. The van der Waals surface area contributed by atoms with Crippen LogP contribution in [0.5, 0.6) is 0 Å². The van der Waals surface area contributed by atoms with Gasteiger partial charge < -0.3 is 10.4 Å². The highest BCUT2D eigenvalue weighted by molar-refractivity contribution is 6.33. The van der Waals surface area contributed by atoms with Crippen LogP contribution in [0.4, 0.5) is 5.69 Å². The number of carbonyl (C=O) groups is 1. The van der Waals surface area contributed by atoms with Crippen molar-refractivity contribution in [3.8, 4) is 0 Å². The molecule has 4 rings (SSSR count). The minimum absolute atomic E-state index is 0.0567. The molecule has 23 heavy (non-hydrogen) atoms. The second-order valence-corrected chi connectivity index (χ2v) is 6.36. The highest BCUT2D eigenvalue weighted by atomic mass is 35.5. The summed E-state index contributed by atoms with van der Waals surface area (Å²) in [6.07, 6.45) is 8.74. The Morgan fingerprint density at radius 3 is 2.96 bits per heavy atom. The van der Waals surface area contributed by atoms with Crippen LogP contribution >= 0.6 is 11.6 Å². The molecule has 0 radical (unpaired) electrons. The van der Waals surface area contributed by atoms with Crippen molar-refractivity contribution >= 4 is 23.3 Å². The zero-order chi connectivity index (χ0) is 16.0. The molecule has 0 saturated heterocycles. The molecule has 0 unspecified atom stereocenters. The third-order valence-electron chi connectivity index (χ3n) is 4.74. The summed E-state index contributed by atoms with van der Waals surface area (Å²) in [5.41, 5.74) is 2.94. The minimum Gasteiger partial charge on any atom is -0.478 e. The summed E-state index contributed by atoms with van der Waals surface area (Å²) < 4.78 is 0. The molecule has 2 aromatic rings. The molecule has 116 valence electrons. The maximum Gasteiger partial charge on any atom is 0.336 e. The number of carboxylic acids is 1. The molecule has 3 atom stereocenters. The lowest BCUT2D eigenvalue weighted by Crippen LogP contribution is -2.30. The first-order chi connectivity index (χ1) is 11.2. The third kappa shape index (κ3) is 2.21. The summed E-state index contributed by atoms with van der Waals surface area (Å²) in [6.45, 7) is 0. The van der Waals surface area contributed by atoms with Gasteiger partial charge in [-0.25, -0.2) is 4.79 Å². The summed E-state index contributed by atoms with van der Waals surface area (Å²) in [7, 11) is 0. The Hall–Kier alpha value is -2.33. The van der Waals surface area contributed by atoms with E-state index in [2.05, 4.69) is 22.5 Å². The number of nitrogens with zero attached hydrogens (tertiary/aromatic N) is 1. The predicted octanol–water partition coefficient (Wildman–Crippen LogP) is 4.26. The molecule has 2 heterocycles. The fourth-order valence-electron chi connectivity index (χ4n) is 3.75. The molecule has 1 aromatic carbocycles. The molecular weight excluding hydrogens is 312 g/mol. The Morgan fingerprint density at radius 1 is 1.35 bits per heavy atom. The van der Waals surface area contributed by atoms with E-state index in [1.54, 1.807) is 18.3 Å². The third-order valence-corrected chi connectivity index (χ3v) is 5.06. The minimum atomic E-state index is -0.918. The van der Waals surface area contributed by atoms with Crippen molar-refractivity contribution in [2.24, 2.45) is 5.92 Å².